The molecular weight excluding hydrogens is 319 g/mol. The van der Waals surface area contributed by atoms with Gasteiger partial charge in [-0.1, -0.05) is 12.1 Å². The van der Waals surface area contributed by atoms with Gasteiger partial charge in [-0.2, -0.15) is 0 Å². The number of ether oxygens (including phenoxy) is 2. The molecule has 3 heterocycles. The summed E-state index contributed by atoms with van der Waals surface area (Å²) in [4.78, 5) is 6.71. The molecule has 0 radical (unpaired) electrons. The predicted molar refractivity (Wildman–Crippen MR) is 96.6 cm³/mol. The summed E-state index contributed by atoms with van der Waals surface area (Å²) in [5, 5.41) is 0.893. The van der Waals surface area contributed by atoms with Crippen LogP contribution in [0, 0.1) is 12.7 Å². The van der Waals surface area contributed by atoms with Crippen LogP contribution in [0.4, 0.5) is 10.1 Å². The minimum absolute atomic E-state index is 0.253. The first-order valence-electron chi connectivity index (χ1n) is 9.25. The Hall–Kier alpha value is -1.72. The van der Waals surface area contributed by atoms with Crippen molar-refractivity contribution in [1.29, 1.82) is 0 Å². The first-order valence-corrected chi connectivity index (χ1v) is 9.25. The second kappa shape index (κ2) is 7.26. The van der Waals surface area contributed by atoms with Crippen LogP contribution in [-0.4, -0.2) is 43.5 Å². The van der Waals surface area contributed by atoms with Crippen LogP contribution in [0.25, 0.3) is 10.9 Å². The third-order valence-electron chi connectivity index (χ3n) is 5.22. The molecule has 0 N–H and O–H groups in total. The fraction of sp³-hybridized carbons (Fsp3) is 0.550. The van der Waals surface area contributed by atoms with Gasteiger partial charge in [-0.05, 0) is 44.7 Å². The van der Waals surface area contributed by atoms with Crippen LogP contribution in [-0.2, 0) is 9.47 Å². The maximum Gasteiger partial charge on any atom is 0.149 e. The Morgan fingerprint density at radius 2 is 2.12 bits per heavy atom. The van der Waals surface area contributed by atoms with E-state index in [1.54, 1.807) is 6.07 Å². The first kappa shape index (κ1) is 16.7. The third kappa shape index (κ3) is 3.62. The normalized spacial score (nSPS) is 22.0. The monoisotopic (exact) mass is 344 g/mol. The lowest BCUT2D eigenvalue weighted by Crippen LogP contribution is -2.38. The molecule has 0 saturated carbocycles. The minimum atomic E-state index is -0.253. The summed E-state index contributed by atoms with van der Waals surface area (Å²) < 4.78 is 25.8. The number of halogens is 1. The van der Waals surface area contributed by atoms with Crippen molar-refractivity contribution < 1.29 is 13.9 Å². The number of anilines is 1. The van der Waals surface area contributed by atoms with Crippen molar-refractivity contribution in [3.8, 4) is 0 Å². The molecule has 2 aliphatic heterocycles. The van der Waals surface area contributed by atoms with Crippen LogP contribution in [0.3, 0.4) is 0 Å². The third-order valence-corrected chi connectivity index (χ3v) is 5.22. The highest BCUT2D eigenvalue weighted by Crippen LogP contribution is 2.30. The van der Waals surface area contributed by atoms with E-state index in [-0.39, 0.29) is 11.9 Å². The number of hydrogen-bond donors (Lipinski definition) is 0. The number of fused-ring (bicyclic) bond motifs is 1. The second-order valence-corrected chi connectivity index (χ2v) is 7.07. The number of aryl methyl sites for hydroxylation is 1. The van der Waals surface area contributed by atoms with Crippen LogP contribution in [0.2, 0.25) is 0 Å². The average molecular weight is 344 g/mol. The molecule has 25 heavy (non-hydrogen) atoms. The van der Waals surface area contributed by atoms with Gasteiger partial charge in [0.05, 0.1) is 18.8 Å². The molecule has 2 aromatic rings. The van der Waals surface area contributed by atoms with Gasteiger partial charge in [0, 0.05) is 36.5 Å². The van der Waals surface area contributed by atoms with Crippen LogP contribution in [0.15, 0.2) is 24.3 Å². The van der Waals surface area contributed by atoms with Gasteiger partial charge >= 0.3 is 0 Å². The molecule has 1 unspecified atom stereocenters. The van der Waals surface area contributed by atoms with Crippen LogP contribution in [0.5, 0.6) is 0 Å². The van der Waals surface area contributed by atoms with Crippen molar-refractivity contribution in [2.75, 3.05) is 31.2 Å². The van der Waals surface area contributed by atoms with Crippen molar-refractivity contribution in [3.63, 3.8) is 0 Å². The minimum Gasteiger partial charge on any atom is -0.376 e. The molecule has 4 rings (SSSR count). The lowest BCUT2D eigenvalue weighted by Gasteiger charge is -2.34. The number of aromatic nitrogens is 1. The highest BCUT2D eigenvalue weighted by molar-refractivity contribution is 5.92. The van der Waals surface area contributed by atoms with E-state index in [1.165, 1.54) is 6.07 Å². The summed E-state index contributed by atoms with van der Waals surface area (Å²) in [6.07, 6.45) is 4.83. The van der Waals surface area contributed by atoms with E-state index >= 15 is 0 Å². The van der Waals surface area contributed by atoms with Gasteiger partial charge in [0.1, 0.15) is 11.3 Å². The zero-order valence-corrected chi connectivity index (χ0v) is 14.7. The van der Waals surface area contributed by atoms with Crippen molar-refractivity contribution in [3.05, 3.63) is 35.8 Å². The van der Waals surface area contributed by atoms with E-state index in [9.17, 15) is 4.39 Å². The molecule has 5 heteroatoms. The Labute approximate surface area is 147 Å². The Balaban J connectivity index is 1.44. The van der Waals surface area contributed by atoms with Gasteiger partial charge in [-0.3, -0.25) is 0 Å². The topological polar surface area (TPSA) is 34.6 Å². The largest absolute Gasteiger partial charge is 0.376 e. The van der Waals surface area contributed by atoms with E-state index < -0.39 is 0 Å². The first-order chi connectivity index (χ1) is 12.2. The average Bonchev–Trinajstić information content (AvgIpc) is 3.14. The molecule has 2 fully saturated rings. The molecule has 2 aliphatic rings. The second-order valence-electron chi connectivity index (χ2n) is 7.07. The fourth-order valence-corrected chi connectivity index (χ4v) is 3.86. The Bertz CT molecular complexity index is 738. The maximum absolute atomic E-state index is 14.1. The van der Waals surface area contributed by atoms with E-state index in [4.69, 9.17) is 9.47 Å². The number of pyridine rings is 1. The molecule has 134 valence electrons. The number of hydrogen-bond acceptors (Lipinski definition) is 4. The van der Waals surface area contributed by atoms with E-state index in [0.717, 1.165) is 62.1 Å². The van der Waals surface area contributed by atoms with Crippen molar-refractivity contribution in [2.45, 2.75) is 44.8 Å². The Morgan fingerprint density at radius 1 is 1.28 bits per heavy atom. The summed E-state index contributed by atoms with van der Waals surface area (Å²) >= 11 is 0. The fourth-order valence-electron chi connectivity index (χ4n) is 3.86. The van der Waals surface area contributed by atoms with Gasteiger partial charge in [0.2, 0.25) is 0 Å². The summed E-state index contributed by atoms with van der Waals surface area (Å²) in [6.45, 7) is 5.36. The summed E-state index contributed by atoms with van der Waals surface area (Å²) in [5.41, 5.74) is 2.40. The molecule has 1 aromatic carbocycles. The summed E-state index contributed by atoms with van der Waals surface area (Å²) in [5.74, 6) is -0.253. The standard InChI is InChI=1S/C20H25FN2O2/c1-14-12-19(17-5-2-6-18(21)20(17)22-14)23-9-7-15(8-10-23)25-13-16-4-3-11-24-16/h2,5-6,12,15-16H,3-4,7-11,13H2,1H3. The number of piperidine rings is 1. The zero-order chi connectivity index (χ0) is 17.2. The highest BCUT2D eigenvalue weighted by atomic mass is 19.1. The van der Waals surface area contributed by atoms with E-state index in [2.05, 4.69) is 16.0 Å². The molecule has 0 aliphatic carbocycles. The lowest BCUT2D eigenvalue weighted by molar-refractivity contribution is -0.0280. The predicted octanol–water partition coefficient (Wildman–Crippen LogP) is 3.85. The molecule has 0 spiro atoms. The quantitative estimate of drug-likeness (QED) is 0.844. The summed E-state index contributed by atoms with van der Waals surface area (Å²) in [6, 6.07) is 7.26. The number of nitrogens with zero attached hydrogens (tertiary/aromatic N) is 2. The number of rotatable bonds is 4. The molecular formula is C20H25FN2O2. The summed E-state index contributed by atoms with van der Waals surface area (Å²) in [7, 11) is 0. The van der Waals surface area contributed by atoms with Gasteiger partial charge in [-0.15, -0.1) is 0 Å². The number of para-hydroxylation sites is 1. The van der Waals surface area contributed by atoms with Gasteiger partial charge < -0.3 is 14.4 Å². The van der Waals surface area contributed by atoms with Crippen molar-refractivity contribution in [1.82, 2.24) is 4.98 Å². The Kier molecular flexibility index (Phi) is 4.86. The van der Waals surface area contributed by atoms with Crippen LogP contribution < -0.4 is 4.90 Å². The van der Waals surface area contributed by atoms with E-state index in [1.807, 2.05) is 13.0 Å². The molecule has 1 aromatic heterocycles. The van der Waals surface area contributed by atoms with Gasteiger partial charge in [-0.25, -0.2) is 9.37 Å². The Morgan fingerprint density at radius 3 is 2.88 bits per heavy atom. The molecule has 4 nitrogen and oxygen atoms in total. The van der Waals surface area contributed by atoms with Crippen LogP contribution >= 0.6 is 0 Å². The van der Waals surface area contributed by atoms with Crippen molar-refractivity contribution in [2.24, 2.45) is 0 Å². The molecule has 2 saturated heterocycles. The lowest BCUT2D eigenvalue weighted by atomic mass is 10.0. The maximum atomic E-state index is 14.1. The highest BCUT2D eigenvalue weighted by Gasteiger charge is 2.24. The smallest absolute Gasteiger partial charge is 0.149 e. The zero-order valence-electron chi connectivity index (χ0n) is 14.7. The van der Waals surface area contributed by atoms with Crippen LogP contribution in [0.1, 0.15) is 31.4 Å². The van der Waals surface area contributed by atoms with Crippen molar-refractivity contribution >= 4 is 16.6 Å². The molecule has 0 bridgehead atoms. The molecule has 0 amide bonds. The van der Waals surface area contributed by atoms with E-state index in [0.29, 0.717) is 18.2 Å². The SMILES string of the molecule is Cc1cc(N2CCC(OCC3CCCO3)CC2)c2cccc(F)c2n1. The van der Waals surface area contributed by atoms with Gasteiger partial charge in [0.15, 0.2) is 0 Å². The number of benzene rings is 1. The van der Waals surface area contributed by atoms with Gasteiger partial charge in [0.25, 0.3) is 0 Å². The molecule has 1 atom stereocenters.